The molecule has 6 rings (SSSR count). The number of hydrogen-bond donors (Lipinski definition) is 1. The van der Waals surface area contributed by atoms with Crippen molar-refractivity contribution in [3.05, 3.63) is 127 Å². The van der Waals surface area contributed by atoms with E-state index in [0.717, 1.165) is 27.8 Å². The molecule has 0 aliphatic carbocycles. The first-order chi connectivity index (χ1) is 23.4. The van der Waals surface area contributed by atoms with Gasteiger partial charge in [0.2, 0.25) is 17.7 Å². The number of pyridine rings is 1. The second-order valence-electron chi connectivity index (χ2n) is 12.0. The summed E-state index contributed by atoms with van der Waals surface area (Å²) in [4.78, 5) is 50.0. The Kier molecular flexibility index (Phi) is 9.82. The minimum atomic E-state index is -0.855. The first-order valence-corrected chi connectivity index (χ1v) is 16.0. The lowest BCUT2D eigenvalue weighted by atomic mass is 9.97. The molecule has 0 saturated carbocycles. The molecule has 3 aromatic carbocycles. The molecule has 48 heavy (non-hydrogen) atoms. The number of piperazine rings is 1. The van der Waals surface area contributed by atoms with Crippen LogP contribution in [0.1, 0.15) is 23.1 Å². The largest absolute Gasteiger partial charge is 0.508 e. The summed E-state index contributed by atoms with van der Waals surface area (Å²) in [6.45, 7) is 4.52. The predicted octanol–water partition coefficient (Wildman–Crippen LogP) is 4.45. The van der Waals surface area contributed by atoms with Crippen LogP contribution in [0.2, 0.25) is 0 Å². The maximum atomic E-state index is 14.4. The number of rotatable bonds is 11. The molecule has 0 bridgehead atoms. The van der Waals surface area contributed by atoms with Crippen molar-refractivity contribution in [3.8, 4) is 22.6 Å². The van der Waals surface area contributed by atoms with Crippen LogP contribution in [0.25, 0.3) is 11.1 Å². The van der Waals surface area contributed by atoms with Gasteiger partial charge in [0.15, 0.2) is 0 Å². The molecule has 1 N–H and O–H groups in total. The van der Waals surface area contributed by atoms with Crippen LogP contribution in [0, 0.1) is 0 Å². The van der Waals surface area contributed by atoms with E-state index in [9.17, 15) is 19.5 Å². The lowest BCUT2D eigenvalue weighted by molar-refractivity contribution is -0.205. The highest BCUT2D eigenvalue weighted by molar-refractivity contribution is 5.92. The van der Waals surface area contributed by atoms with Gasteiger partial charge in [-0.2, -0.15) is 0 Å². The molecule has 2 atom stereocenters. The van der Waals surface area contributed by atoms with E-state index in [1.54, 1.807) is 69.7 Å². The average molecular weight is 646 g/mol. The Hall–Kier alpha value is -5.48. The second kappa shape index (κ2) is 14.5. The van der Waals surface area contributed by atoms with Crippen LogP contribution >= 0.6 is 0 Å². The number of benzene rings is 3. The van der Waals surface area contributed by atoms with Gasteiger partial charge in [-0.15, -0.1) is 6.58 Å². The molecule has 2 saturated heterocycles. The highest BCUT2D eigenvalue weighted by Crippen LogP contribution is 2.33. The van der Waals surface area contributed by atoms with E-state index < -0.39 is 12.2 Å². The second-order valence-corrected chi connectivity index (χ2v) is 12.0. The summed E-state index contributed by atoms with van der Waals surface area (Å²) < 4.78 is 5.64. The third-order valence-corrected chi connectivity index (χ3v) is 8.87. The molecule has 0 unspecified atom stereocenters. The molecule has 3 heterocycles. The average Bonchev–Trinajstić information content (AvgIpc) is 3.11. The SMILES string of the molecule is C=CCN1CC(=O)N2[C@@H](Cc3ccc(O)cc3)C(=O)N(Cc3ccc(OC)c(-c4cccnc4)c3)C[C@@H]2N1C(=O)CCc1ccccc1. The first-order valence-electron chi connectivity index (χ1n) is 16.0. The number of hydrogen-bond acceptors (Lipinski definition) is 7. The van der Waals surface area contributed by atoms with Crippen molar-refractivity contribution in [2.24, 2.45) is 0 Å². The van der Waals surface area contributed by atoms with E-state index in [-0.39, 0.29) is 55.9 Å². The van der Waals surface area contributed by atoms with Gasteiger partial charge in [0, 0.05) is 49.5 Å². The summed E-state index contributed by atoms with van der Waals surface area (Å²) in [5.41, 5.74) is 4.43. The summed E-state index contributed by atoms with van der Waals surface area (Å²) in [5.74, 6) is 0.223. The van der Waals surface area contributed by atoms with E-state index in [1.807, 2.05) is 60.7 Å². The van der Waals surface area contributed by atoms with Crippen molar-refractivity contribution in [2.75, 3.05) is 26.7 Å². The molecule has 2 fully saturated rings. The van der Waals surface area contributed by atoms with Crippen LogP contribution in [0.15, 0.2) is 110 Å². The fraction of sp³-hybridized carbons (Fsp3) is 0.263. The molecule has 10 heteroatoms. The maximum absolute atomic E-state index is 14.4. The number of hydrazine groups is 1. The molecule has 10 nitrogen and oxygen atoms in total. The number of fused-ring (bicyclic) bond motifs is 1. The summed E-state index contributed by atoms with van der Waals surface area (Å²) in [5, 5.41) is 13.3. The molecule has 4 aromatic rings. The van der Waals surface area contributed by atoms with E-state index in [2.05, 4.69) is 11.6 Å². The Labute approximate surface area is 280 Å². The minimum absolute atomic E-state index is 0.0497. The molecule has 2 aliphatic heterocycles. The standard InChI is InChI=1S/C38H39N5O5/c1-3-20-41-26-37(46)42-33(22-28-11-15-31(44)16-12-28)38(47)40(25-35(42)43(41)36(45)18-14-27-8-5-4-6-9-27)24-29-13-17-34(48-2)32(21-29)30-10-7-19-39-23-30/h3-13,15-17,19,21,23,33,35,44H,1,14,18,20,22,24-26H2,2H3/t33-,35-/m0/s1. The van der Waals surface area contributed by atoms with Gasteiger partial charge in [0.05, 0.1) is 20.2 Å². The molecule has 0 radical (unpaired) electrons. The van der Waals surface area contributed by atoms with Crippen LogP contribution in [0.4, 0.5) is 0 Å². The normalized spacial score (nSPS) is 18.1. The van der Waals surface area contributed by atoms with Crippen molar-refractivity contribution in [2.45, 2.75) is 38.0 Å². The number of phenols is 1. The fourth-order valence-corrected chi connectivity index (χ4v) is 6.59. The number of phenolic OH excluding ortho intramolecular Hbond substituents is 1. The monoisotopic (exact) mass is 645 g/mol. The minimum Gasteiger partial charge on any atom is -0.508 e. The van der Waals surface area contributed by atoms with Gasteiger partial charge in [-0.25, -0.2) is 10.0 Å². The zero-order chi connectivity index (χ0) is 33.6. The number of amides is 3. The molecule has 2 aliphatic rings. The zero-order valence-electron chi connectivity index (χ0n) is 26.9. The van der Waals surface area contributed by atoms with Gasteiger partial charge in [-0.05, 0) is 53.4 Å². The lowest BCUT2D eigenvalue weighted by Gasteiger charge is -2.55. The fourth-order valence-electron chi connectivity index (χ4n) is 6.59. The van der Waals surface area contributed by atoms with Gasteiger partial charge in [-0.3, -0.25) is 19.4 Å². The van der Waals surface area contributed by atoms with E-state index in [4.69, 9.17) is 4.74 Å². The zero-order valence-corrected chi connectivity index (χ0v) is 26.9. The third-order valence-electron chi connectivity index (χ3n) is 8.87. The Morgan fingerprint density at radius 3 is 2.48 bits per heavy atom. The van der Waals surface area contributed by atoms with Crippen LogP contribution in [0.5, 0.6) is 11.5 Å². The van der Waals surface area contributed by atoms with Crippen molar-refractivity contribution >= 4 is 17.7 Å². The van der Waals surface area contributed by atoms with Gasteiger partial charge in [-0.1, -0.05) is 60.7 Å². The van der Waals surface area contributed by atoms with Gasteiger partial charge < -0.3 is 19.6 Å². The summed E-state index contributed by atoms with van der Waals surface area (Å²) >= 11 is 0. The van der Waals surface area contributed by atoms with Crippen LogP contribution < -0.4 is 4.74 Å². The topological polar surface area (TPSA) is 107 Å². The summed E-state index contributed by atoms with van der Waals surface area (Å²) in [6, 6.07) is 25.2. The van der Waals surface area contributed by atoms with Gasteiger partial charge in [0.25, 0.3) is 0 Å². The number of nitrogens with zero attached hydrogens (tertiary/aromatic N) is 5. The number of aromatic nitrogens is 1. The molecule has 3 amide bonds. The number of ether oxygens (including phenoxy) is 1. The molecule has 246 valence electrons. The Bertz CT molecular complexity index is 1770. The number of carbonyl (C=O) groups is 3. The van der Waals surface area contributed by atoms with Crippen LogP contribution in [-0.2, 0) is 33.8 Å². The van der Waals surface area contributed by atoms with Crippen LogP contribution in [0.3, 0.4) is 0 Å². The van der Waals surface area contributed by atoms with E-state index in [1.165, 1.54) is 0 Å². The Morgan fingerprint density at radius 2 is 1.77 bits per heavy atom. The maximum Gasteiger partial charge on any atom is 0.246 e. The van der Waals surface area contributed by atoms with E-state index in [0.29, 0.717) is 18.7 Å². The smallest absolute Gasteiger partial charge is 0.246 e. The first kappa shape index (κ1) is 32.5. The molecule has 0 spiro atoms. The van der Waals surface area contributed by atoms with Crippen molar-refractivity contribution in [1.29, 1.82) is 0 Å². The van der Waals surface area contributed by atoms with Gasteiger partial charge >= 0.3 is 0 Å². The van der Waals surface area contributed by atoms with Crippen molar-refractivity contribution in [3.63, 3.8) is 0 Å². The number of aryl methyl sites for hydroxylation is 1. The predicted molar refractivity (Wildman–Crippen MR) is 181 cm³/mol. The quantitative estimate of drug-likeness (QED) is 0.240. The van der Waals surface area contributed by atoms with Crippen LogP contribution in [-0.4, -0.2) is 86.6 Å². The number of carbonyl (C=O) groups excluding carboxylic acids is 3. The molecular weight excluding hydrogens is 606 g/mol. The van der Waals surface area contributed by atoms with E-state index >= 15 is 0 Å². The lowest BCUT2D eigenvalue weighted by Crippen LogP contribution is -2.75. The summed E-state index contributed by atoms with van der Waals surface area (Å²) in [6.07, 6.45) is 5.44. The summed E-state index contributed by atoms with van der Waals surface area (Å²) in [7, 11) is 1.62. The highest BCUT2D eigenvalue weighted by Gasteiger charge is 2.51. The highest BCUT2D eigenvalue weighted by atomic mass is 16.5. The Morgan fingerprint density at radius 1 is 1.00 bits per heavy atom. The third kappa shape index (κ3) is 6.94. The number of methoxy groups -OCH3 is 1. The molecular formula is C38H39N5O5. The van der Waals surface area contributed by atoms with Crippen molar-refractivity contribution in [1.82, 2.24) is 24.8 Å². The van der Waals surface area contributed by atoms with Crippen molar-refractivity contribution < 1.29 is 24.2 Å². The Balaban J connectivity index is 1.36. The number of aromatic hydroxyl groups is 1. The molecule has 1 aromatic heterocycles. The van der Waals surface area contributed by atoms with Gasteiger partial charge in [0.1, 0.15) is 23.7 Å².